The molecule has 29 heavy (non-hydrogen) atoms. The van der Waals surface area contributed by atoms with Crippen molar-refractivity contribution in [1.29, 1.82) is 0 Å². The highest BCUT2D eigenvalue weighted by atomic mass is 35.5. The lowest BCUT2D eigenvalue weighted by Gasteiger charge is -2.31. The van der Waals surface area contributed by atoms with E-state index in [0.29, 0.717) is 18.1 Å². The SMILES string of the molecule is CC(C)C(C)N(Cc1cccn1Cc1ccccc1)S(=O)(=O)c1ccc(Cl)cc1. The number of benzene rings is 2. The zero-order valence-corrected chi connectivity index (χ0v) is 18.6. The predicted octanol–water partition coefficient (Wildman–Crippen LogP) is 5.43. The Morgan fingerprint density at radius 3 is 2.21 bits per heavy atom. The highest BCUT2D eigenvalue weighted by molar-refractivity contribution is 7.89. The second kappa shape index (κ2) is 9.16. The van der Waals surface area contributed by atoms with Crippen molar-refractivity contribution in [2.45, 2.75) is 44.8 Å². The topological polar surface area (TPSA) is 42.3 Å². The molecule has 0 bridgehead atoms. The lowest BCUT2D eigenvalue weighted by Crippen LogP contribution is -2.41. The third kappa shape index (κ3) is 5.10. The fraction of sp³-hybridized carbons (Fsp3) is 0.304. The van der Waals surface area contributed by atoms with Gasteiger partial charge in [0, 0.05) is 29.5 Å². The average molecular weight is 431 g/mol. The minimum atomic E-state index is -3.67. The Balaban J connectivity index is 1.93. The van der Waals surface area contributed by atoms with E-state index in [1.807, 2.05) is 57.3 Å². The van der Waals surface area contributed by atoms with Gasteiger partial charge in [0.05, 0.1) is 11.4 Å². The van der Waals surface area contributed by atoms with Crippen LogP contribution in [0.25, 0.3) is 0 Å². The molecule has 0 radical (unpaired) electrons. The van der Waals surface area contributed by atoms with E-state index in [-0.39, 0.29) is 16.9 Å². The maximum Gasteiger partial charge on any atom is 0.243 e. The molecule has 0 saturated heterocycles. The van der Waals surface area contributed by atoms with Crippen LogP contribution in [-0.4, -0.2) is 23.3 Å². The van der Waals surface area contributed by atoms with E-state index in [0.717, 1.165) is 5.69 Å². The van der Waals surface area contributed by atoms with Crippen LogP contribution in [0.2, 0.25) is 5.02 Å². The van der Waals surface area contributed by atoms with Crippen LogP contribution in [0.5, 0.6) is 0 Å². The summed E-state index contributed by atoms with van der Waals surface area (Å²) in [6.45, 7) is 7.05. The molecular formula is C23H27ClN2O2S. The van der Waals surface area contributed by atoms with Crippen LogP contribution in [-0.2, 0) is 23.1 Å². The largest absolute Gasteiger partial charge is 0.346 e. The quantitative estimate of drug-likeness (QED) is 0.478. The molecule has 2 aromatic carbocycles. The Morgan fingerprint density at radius 1 is 0.931 bits per heavy atom. The molecule has 0 spiro atoms. The summed E-state index contributed by atoms with van der Waals surface area (Å²) in [5, 5.41) is 0.518. The predicted molar refractivity (Wildman–Crippen MR) is 118 cm³/mol. The van der Waals surface area contributed by atoms with E-state index in [1.165, 1.54) is 5.56 Å². The summed E-state index contributed by atoms with van der Waals surface area (Å²) < 4.78 is 30.6. The van der Waals surface area contributed by atoms with Crippen LogP contribution in [0.1, 0.15) is 32.0 Å². The van der Waals surface area contributed by atoms with Crippen LogP contribution < -0.4 is 0 Å². The van der Waals surface area contributed by atoms with Gasteiger partial charge in [-0.1, -0.05) is 55.8 Å². The number of halogens is 1. The smallest absolute Gasteiger partial charge is 0.243 e. The molecule has 0 N–H and O–H groups in total. The van der Waals surface area contributed by atoms with Crippen LogP contribution in [0.4, 0.5) is 0 Å². The van der Waals surface area contributed by atoms with E-state index >= 15 is 0 Å². The molecule has 1 aromatic heterocycles. The number of sulfonamides is 1. The molecule has 6 heteroatoms. The molecule has 1 unspecified atom stereocenters. The standard InChI is InChI=1S/C23H27ClN2O2S/c1-18(2)19(3)26(29(27,28)23-13-11-21(24)12-14-23)17-22-10-7-15-25(22)16-20-8-5-4-6-9-20/h4-15,18-19H,16-17H2,1-3H3. The first kappa shape index (κ1) is 21.6. The number of nitrogens with zero attached hydrogens (tertiary/aromatic N) is 2. The molecule has 0 saturated carbocycles. The lowest BCUT2D eigenvalue weighted by atomic mass is 10.1. The Morgan fingerprint density at radius 2 is 1.59 bits per heavy atom. The van der Waals surface area contributed by atoms with E-state index in [9.17, 15) is 8.42 Å². The monoisotopic (exact) mass is 430 g/mol. The summed E-state index contributed by atoms with van der Waals surface area (Å²) in [5.74, 6) is 0.176. The second-order valence-corrected chi connectivity index (χ2v) is 9.93. The van der Waals surface area contributed by atoms with E-state index in [2.05, 4.69) is 16.7 Å². The van der Waals surface area contributed by atoms with Gasteiger partial charge >= 0.3 is 0 Å². The number of hydrogen-bond donors (Lipinski definition) is 0. The zero-order valence-electron chi connectivity index (χ0n) is 17.0. The summed E-state index contributed by atoms with van der Waals surface area (Å²) >= 11 is 5.96. The molecule has 0 aliphatic carbocycles. The van der Waals surface area contributed by atoms with Gasteiger partial charge in [-0.15, -0.1) is 0 Å². The van der Waals surface area contributed by atoms with Crippen molar-refractivity contribution in [3.8, 4) is 0 Å². The highest BCUT2D eigenvalue weighted by Gasteiger charge is 2.31. The molecule has 3 aromatic rings. The number of rotatable bonds is 8. The van der Waals surface area contributed by atoms with Crippen molar-refractivity contribution in [2.75, 3.05) is 0 Å². The molecule has 0 amide bonds. The molecule has 3 rings (SSSR count). The summed E-state index contributed by atoms with van der Waals surface area (Å²) in [7, 11) is -3.67. The Hall–Kier alpha value is -2.08. The maximum atomic E-state index is 13.5. The van der Waals surface area contributed by atoms with E-state index in [4.69, 9.17) is 11.6 Å². The third-order valence-electron chi connectivity index (χ3n) is 5.28. The van der Waals surface area contributed by atoms with E-state index < -0.39 is 10.0 Å². The molecule has 0 fully saturated rings. The fourth-order valence-electron chi connectivity index (χ4n) is 3.21. The average Bonchev–Trinajstić information content (AvgIpc) is 3.13. The maximum absolute atomic E-state index is 13.5. The van der Waals surface area contributed by atoms with Gasteiger partial charge in [-0.25, -0.2) is 8.42 Å². The normalized spacial score (nSPS) is 13.2. The van der Waals surface area contributed by atoms with Crippen molar-refractivity contribution < 1.29 is 8.42 Å². The van der Waals surface area contributed by atoms with Gasteiger partial charge in [0.25, 0.3) is 0 Å². The van der Waals surface area contributed by atoms with Gasteiger partial charge in [-0.2, -0.15) is 4.31 Å². The van der Waals surface area contributed by atoms with Crippen LogP contribution in [0.3, 0.4) is 0 Å². The fourth-order valence-corrected chi connectivity index (χ4v) is 5.07. The first-order chi connectivity index (χ1) is 13.8. The molecule has 1 heterocycles. The van der Waals surface area contributed by atoms with E-state index in [1.54, 1.807) is 28.6 Å². The summed E-state index contributed by atoms with van der Waals surface area (Å²) in [6, 6.07) is 20.3. The molecule has 154 valence electrons. The molecular weight excluding hydrogens is 404 g/mol. The minimum absolute atomic E-state index is 0.157. The first-order valence-electron chi connectivity index (χ1n) is 9.74. The van der Waals surface area contributed by atoms with Crippen LogP contribution in [0.15, 0.2) is 77.8 Å². The Bertz CT molecular complexity index is 1030. The minimum Gasteiger partial charge on any atom is -0.346 e. The molecule has 0 aliphatic rings. The van der Waals surface area contributed by atoms with Crippen molar-refractivity contribution in [1.82, 2.24) is 8.87 Å². The van der Waals surface area contributed by atoms with Crippen molar-refractivity contribution in [3.05, 3.63) is 89.2 Å². The Labute approximate surface area is 178 Å². The third-order valence-corrected chi connectivity index (χ3v) is 7.48. The van der Waals surface area contributed by atoms with Gasteiger partial charge in [-0.05, 0) is 54.8 Å². The number of hydrogen-bond acceptors (Lipinski definition) is 2. The zero-order chi connectivity index (χ0) is 21.0. The summed E-state index contributed by atoms with van der Waals surface area (Å²) in [5.41, 5.74) is 2.13. The Kier molecular flexibility index (Phi) is 6.83. The second-order valence-electron chi connectivity index (χ2n) is 7.60. The van der Waals surface area contributed by atoms with Crippen LogP contribution in [0, 0.1) is 5.92 Å². The summed E-state index contributed by atoms with van der Waals surface area (Å²) in [6.07, 6.45) is 2.00. The van der Waals surface area contributed by atoms with Gasteiger partial charge in [0.2, 0.25) is 10.0 Å². The lowest BCUT2D eigenvalue weighted by molar-refractivity contribution is 0.265. The van der Waals surface area contributed by atoms with Crippen molar-refractivity contribution in [3.63, 3.8) is 0 Å². The molecule has 4 nitrogen and oxygen atoms in total. The first-order valence-corrected chi connectivity index (χ1v) is 11.6. The molecule has 0 aliphatic heterocycles. The van der Waals surface area contributed by atoms with Gasteiger partial charge in [0.15, 0.2) is 0 Å². The molecule has 1 atom stereocenters. The van der Waals surface area contributed by atoms with Gasteiger partial charge in [0.1, 0.15) is 0 Å². The van der Waals surface area contributed by atoms with Gasteiger partial charge in [-0.3, -0.25) is 0 Å². The van der Waals surface area contributed by atoms with Crippen molar-refractivity contribution in [2.24, 2.45) is 5.92 Å². The van der Waals surface area contributed by atoms with Crippen LogP contribution >= 0.6 is 11.6 Å². The number of aromatic nitrogens is 1. The van der Waals surface area contributed by atoms with Crippen molar-refractivity contribution >= 4 is 21.6 Å². The highest BCUT2D eigenvalue weighted by Crippen LogP contribution is 2.26. The summed E-state index contributed by atoms with van der Waals surface area (Å²) in [4.78, 5) is 0.260. The van der Waals surface area contributed by atoms with Gasteiger partial charge < -0.3 is 4.57 Å².